The van der Waals surface area contributed by atoms with Crippen molar-refractivity contribution in [3.05, 3.63) is 34.1 Å². The van der Waals surface area contributed by atoms with E-state index < -0.39 is 5.54 Å². The summed E-state index contributed by atoms with van der Waals surface area (Å²) in [4.78, 5) is 26.1. The molecule has 0 spiro atoms. The highest BCUT2D eigenvalue weighted by Gasteiger charge is 2.39. The number of amides is 2. The minimum absolute atomic E-state index is 0.136. The molecule has 4 nitrogen and oxygen atoms in total. The maximum Gasteiger partial charge on any atom is 0.248 e. The second-order valence-electron chi connectivity index (χ2n) is 5.91. The van der Waals surface area contributed by atoms with Gasteiger partial charge in [-0.15, -0.1) is 0 Å². The molecule has 1 aromatic rings. The minimum atomic E-state index is -0.931. The van der Waals surface area contributed by atoms with Crippen LogP contribution in [0.1, 0.15) is 32.8 Å². The Morgan fingerprint density at radius 2 is 2.10 bits per heavy atom. The Morgan fingerprint density at radius 1 is 1.43 bits per heavy atom. The molecule has 0 aliphatic carbocycles. The summed E-state index contributed by atoms with van der Waals surface area (Å²) in [5.74, 6) is -0.615. The van der Waals surface area contributed by atoms with Crippen molar-refractivity contribution in [2.24, 2.45) is 0 Å². The smallest absolute Gasteiger partial charge is 0.248 e. The molecule has 2 rings (SSSR count). The predicted octanol–water partition coefficient (Wildman–Crippen LogP) is 2.60. The Bertz CT molecular complexity index is 589. The van der Waals surface area contributed by atoms with Gasteiger partial charge in [-0.25, -0.2) is 4.39 Å². The third-order valence-corrected chi connectivity index (χ3v) is 4.20. The predicted molar refractivity (Wildman–Crippen MR) is 81.0 cm³/mol. The number of rotatable bonds is 2. The molecule has 1 heterocycles. The van der Waals surface area contributed by atoms with Gasteiger partial charge in [-0.2, -0.15) is 0 Å². The molecule has 1 aromatic carbocycles. The van der Waals surface area contributed by atoms with E-state index in [0.29, 0.717) is 11.0 Å². The van der Waals surface area contributed by atoms with Gasteiger partial charge in [-0.3, -0.25) is 9.59 Å². The monoisotopic (exact) mass is 356 g/mol. The molecule has 1 aliphatic rings. The largest absolute Gasteiger partial charge is 0.342 e. The first-order valence-electron chi connectivity index (χ1n) is 6.76. The molecule has 0 saturated carbocycles. The maximum absolute atomic E-state index is 13.3. The first-order chi connectivity index (χ1) is 9.70. The van der Waals surface area contributed by atoms with Crippen LogP contribution in [0, 0.1) is 5.82 Å². The number of halogens is 2. The lowest BCUT2D eigenvalue weighted by molar-refractivity contribution is -0.139. The van der Waals surface area contributed by atoms with Crippen LogP contribution in [0.25, 0.3) is 0 Å². The lowest BCUT2D eigenvalue weighted by Crippen LogP contribution is -2.53. The molecule has 1 unspecified atom stereocenters. The normalized spacial score (nSPS) is 22.0. The summed E-state index contributed by atoms with van der Waals surface area (Å²) in [6.45, 7) is 5.58. The van der Waals surface area contributed by atoms with Crippen LogP contribution in [0.2, 0.25) is 0 Å². The molecule has 1 saturated heterocycles. The molecule has 1 fully saturated rings. The summed E-state index contributed by atoms with van der Waals surface area (Å²) in [5, 5.41) is 2.74. The Hall–Kier alpha value is -1.43. The number of hydrogen-bond acceptors (Lipinski definition) is 2. The first-order valence-corrected chi connectivity index (χ1v) is 7.56. The Labute approximate surface area is 131 Å². The molecule has 0 radical (unpaired) electrons. The second kappa shape index (κ2) is 5.75. The van der Waals surface area contributed by atoms with Crippen molar-refractivity contribution in [1.29, 1.82) is 0 Å². The van der Waals surface area contributed by atoms with Crippen molar-refractivity contribution in [1.82, 2.24) is 10.2 Å². The van der Waals surface area contributed by atoms with Crippen LogP contribution >= 0.6 is 15.9 Å². The van der Waals surface area contributed by atoms with Crippen LogP contribution in [-0.4, -0.2) is 28.3 Å². The fraction of sp³-hybridized carbons (Fsp3) is 0.467. The van der Waals surface area contributed by atoms with E-state index in [4.69, 9.17) is 0 Å². The fourth-order valence-corrected chi connectivity index (χ4v) is 2.88. The quantitative estimate of drug-likeness (QED) is 0.885. The number of hydrogen-bond donors (Lipinski definition) is 1. The molecular weight excluding hydrogens is 339 g/mol. The van der Waals surface area contributed by atoms with E-state index in [1.54, 1.807) is 30.9 Å². The Kier molecular flexibility index (Phi) is 4.37. The molecule has 1 aliphatic heterocycles. The average molecular weight is 357 g/mol. The summed E-state index contributed by atoms with van der Waals surface area (Å²) in [7, 11) is 0. The van der Waals surface area contributed by atoms with E-state index in [-0.39, 0.29) is 30.1 Å². The zero-order valence-electron chi connectivity index (χ0n) is 12.2. The van der Waals surface area contributed by atoms with E-state index >= 15 is 0 Å². The van der Waals surface area contributed by atoms with Crippen LogP contribution < -0.4 is 5.32 Å². The van der Waals surface area contributed by atoms with Gasteiger partial charge in [0.1, 0.15) is 11.4 Å². The standard InChI is InChI=1S/C15H18BrFN2O2/c1-9-6-13(20)18-15(2,3)14(21)19(9)8-10-4-5-12(17)11(16)7-10/h4-5,7,9H,6,8H2,1-3H3,(H,18,20). The Morgan fingerprint density at radius 3 is 2.71 bits per heavy atom. The van der Waals surface area contributed by atoms with Crippen LogP contribution in [0.3, 0.4) is 0 Å². The van der Waals surface area contributed by atoms with Crippen LogP contribution in [0.4, 0.5) is 4.39 Å². The van der Waals surface area contributed by atoms with Crippen molar-refractivity contribution in [3.63, 3.8) is 0 Å². The van der Waals surface area contributed by atoms with Crippen molar-refractivity contribution in [3.8, 4) is 0 Å². The molecule has 114 valence electrons. The average Bonchev–Trinajstić information content (AvgIpc) is 2.43. The molecule has 0 bridgehead atoms. The topological polar surface area (TPSA) is 49.4 Å². The summed E-state index contributed by atoms with van der Waals surface area (Å²) in [6, 6.07) is 4.46. The maximum atomic E-state index is 13.3. The number of carbonyl (C=O) groups excluding carboxylic acids is 2. The van der Waals surface area contributed by atoms with E-state index in [9.17, 15) is 14.0 Å². The van der Waals surface area contributed by atoms with Crippen LogP contribution in [0.5, 0.6) is 0 Å². The third kappa shape index (κ3) is 3.43. The van der Waals surface area contributed by atoms with Crippen molar-refractivity contribution in [2.45, 2.75) is 45.3 Å². The molecule has 2 amide bonds. The van der Waals surface area contributed by atoms with Gasteiger partial charge in [-0.1, -0.05) is 6.07 Å². The zero-order valence-corrected chi connectivity index (χ0v) is 13.8. The van der Waals surface area contributed by atoms with E-state index in [0.717, 1.165) is 5.56 Å². The van der Waals surface area contributed by atoms with Gasteiger partial charge in [0.15, 0.2) is 0 Å². The lowest BCUT2D eigenvalue weighted by Gasteiger charge is -2.32. The SMILES string of the molecule is CC1CC(=O)NC(C)(C)C(=O)N1Cc1ccc(F)c(Br)c1. The highest BCUT2D eigenvalue weighted by Crippen LogP contribution is 2.23. The van der Waals surface area contributed by atoms with Gasteiger partial charge in [0.25, 0.3) is 0 Å². The number of carbonyl (C=O) groups is 2. The van der Waals surface area contributed by atoms with Gasteiger partial charge in [0.2, 0.25) is 11.8 Å². The lowest BCUT2D eigenvalue weighted by atomic mass is 10.0. The molecule has 0 aromatic heterocycles. The van der Waals surface area contributed by atoms with E-state index in [2.05, 4.69) is 21.2 Å². The van der Waals surface area contributed by atoms with E-state index in [1.807, 2.05) is 6.92 Å². The number of benzene rings is 1. The minimum Gasteiger partial charge on any atom is -0.342 e. The van der Waals surface area contributed by atoms with Crippen LogP contribution in [0.15, 0.2) is 22.7 Å². The number of nitrogens with zero attached hydrogens (tertiary/aromatic N) is 1. The van der Waals surface area contributed by atoms with Crippen LogP contribution in [-0.2, 0) is 16.1 Å². The summed E-state index contributed by atoms with van der Waals surface area (Å²) in [5.41, 5.74) is -0.118. The molecular formula is C15H18BrFN2O2. The zero-order chi connectivity index (χ0) is 15.8. The third-order valence-electron chi connectivity index (χ3n) is 3.60. The molecule has 1 N–H and O–H groups in total. The summed E-state index contributed by atoms with van der Waals surface area (Å²) in [6.07, 6.45) is 0.261. The molecule has 1 atom stereocenters. The van der Waals surface area contributed by atoms with Gasteiger partial charge in [0.05, 0.1) is 4.47 Å². The first kappa shape index (κ1) is 15.9. The second-order valence-corrected chi connectivity index (χ2v) is 6.76. The van der Waals surface area contributed by atoms with Crippen molar-refractivity contribution in [2.75, 3.05) is 0 Å². The molecule has 6 heteroatoms. The van der Waals surface area contributed by atoms with Crippen molar-refractivity contribution >= 4 is 27.7 Å². The van der Waals surface area contributed by atoms with E-state index in [1.165, 1.54) is 6.07 Å². The summed E-state index contributed by atoms with van der Waals surface area (Å²) < 4.78 is 13.7. The van der Waals surface area contributed by atoms with Gasteiger partial charge in [-0.05, 0) is 54.4 Å². The summed E-state index contributed by atoms with van der Waals surface area (Å²) >= 11 is 3.14. The van der Waals surface area contributed by atoms with Gasteiger partial charge < -0.3 is 10.2 Å². The highest BCUT2D eigenvalue weighted by atomic mass is 79.9. The van der Waals surface area contributed by atoms with Crippen molar-refractivity contribution < 1.29 is 14.0 Å². The molecule has 21 heavy (non-hydrogen) atoms. The number of nitrogens with one attached hydrogen (secondary N) is 1. The highest BCUT2D eigenvalue weighted by molar-refractivity contribution is 9.10. The fourth-order valence-electron chi connectivity index (χ4n) is 2.45. The van der Waals surface area contributed by atoms with Gasteiger partial charge >= 0.3 is 0 Å². The van der Waals surface area contributed by atoms with Gasteiger partial charge in [0, 0.05) is 19.0 Å². The Balaban J connectivity index is 2.29.